The van der Waals surface area contributed by atoms with E-state index in [2.05, 4.69) is 5.32 Å². The summed E-state index contributed by atoms with van der Waals surface area (Å²) in [6.45, 7) is 7.00. The largest absolute Gasteiger partial charge is 0.466 e. The zero-order valence-electron chi connectivity index (χ0n) is 21.1. The Bertz CT molecular complexity index is 1080. The summed E-state index contributed by atoms with van der Waals surface area (Å²) in [6, 6.07) is 15.0. The van der Waals surface area contributed by atoms with E-state index < -0.39 is 0 Å². The number of likely N-dealkylation sites (tertiary alicyclic amines) is 1. The molecule has 1 fully saturated rings. The van der Waals surface area contributed by atoms with E-state index in [1.807, 2.05) is 54.3 Å². The number of rotatable bonds is 10. The predicted octanol–water partition coefficient (Wildman–Crippen LogP) is 4.10. The first-order valence-corrected chi connectivity index (χ1v) is 12.8. The number of anilines is 1. The lowest BCUT2D eigenvalue weighted by Gasteiger charge is -2.31. The van der Waals surface area contributed by atoms with Gasteiger partial charge in [0.25, 0.3) is 11.8 Å². The maximum Gasteiger partial charge on any atom is 0.309 e. The van der Waals surface area contributed by atoms with E-state index >= 15 is 0 Å². The van der Waals surface area contributed by atoms with Crippen molar-refractivity contribution in [3.63, 3.8) is 0 Å². The molecular weight excluding hydrogens is 458 g/mol. The number of hydrogen-bond acceptors (Lipinski definition) is 6. The zero-order valence-corrected chi connectivity index (χ0v) is 21.1. The molecule has 1 saturated heterocycles. The lowest BCUT2D eigenvalue weighted by atomic mass is 9.96. The number of nitrogens with one attached hydrogen (secondary N) is 1. The second kappa shape index (κ2) is 12.0. The standard InChI is InChI=1S/C28H35N3O5/c1-3-35-18-8-15-31-25(23-11-5-6-12-24(23)27(31)33)29-22-10-7-9-21(19-22)26(32)30-16-13-20(14-17-30)28(34)36-4-2/h5-7,9-12,19-20,25,29H,3-4,8,13-18H2,1-2H3. The number of benzene rings is 2. The molecule has 0 aliphatic carbocycles. The van der Waals surface area contributed by atoms with Gasteiger partial charge in [-0.1, -0.05) is 24.3 Å². The summed E-state index contributed by atoms with van der Waals surface area (Å²) < 4.78 is 10.6. The summed E-state index contributed by atoms with van der Waals surface area (Å²) in [7, 11) is 0. The van der Waals surface area contributed by atoms with E-state index in [0.717, 1.165) is 17.7 Å². The van der Waals surface area contributed by atoms with Crippen LogP contribution in [0.5, 0.6) is 0 Å². The fourth-order valence-corrected chi connectivity index (χ4v) is 4.90. The minimum Gasteiger partial charge on any atom is -0.466 e. The van der Waals surface area contributed by atoms with Gasteiger partial charge in [-0.3, -0.25) is 14.4 Å². The van der Waals surface area contributed by atoms with Crippen molar-refractivity contribution in [3.05, 3.63) is 65.2 Å². The Morgan fingerprint density at radius 2 is 1.81 bits per heavy atom. The molecule has 2 aliphatic rings. The SMILES string of the molecule is CCOCCCN1C(=O)c2ccccc2C1Nc1cccc(C(=O)N2CCC(C(=O)OCC)CC2)c1. The van der Waals surface area contributed by atoms with Crippen LogP contribution in [-0.2, 0) is 14.3 Å². The van der Waals surface area contributed by atoms with Crippen molar-refractivity contribution in [3.8, 4) is 0 Å². The third-order valence-corrected chi connectivity index (χ3v) is 6.77. The molecule has 2 aromatic rings. The average Bonchev–Trinajstić information content (AvgIpc) is 3.17. The third kappa shape index (κ3) is 5.70. The van der Waals surface area contributed by atoms with Crippen LogP contribution in [0.3, 0.4) is 0 Å². The normalized spacial score (nSPS) is 17.7. The lowest BCUT2D eigenvalue weighted by Crippen LogP contribution is -2.40. The number of ether oxygens (including phenoxy) is 2. The van der Waals surface area contributed by atoms with Crippen LogP contribution in [0.1, 0.15) is 65.6 Å². The van der Waals surface area contributed by atoms with Crippen LogP contribution < -0.4 is 5.32 Å². The molecule has 4 rings (SSSR count). The fraction of sp³-hybridized carbons (Fsp3) is 0.464. The van der Waals surface area contributed by atoms with Gasteiger partial charge >= 0.3 is 5.97 Å². The number of esters is 1. The van der Waals surface area contributed by atoms with Crippen molar-refractivity contribution in [2.45, 2.75) is 39.3 Å². The summed E-state index contributed by atoms with van der Waals surface area (Å²) in [4.78, 5) is 42.0. The topological polar surface area (TPSA) is 88.2 Å². The van der Waals surface area contributed by atoms with Crippen molar-refractivity contribution >= 4 is 23.5 Å². The van der Waals surface area contributed by atoms with Gasteiger partial charge in [0.05, 0.1) is 12.5 Å². The molecular formula is C28H35N3O5. The van der Waals surface area contributed by atoms with Crippen molar-refractivity contribution in [1.82, 2.24) is 9.80 Å². The number of nitrogens with zero attached hydrogens (tertiary/aromatic N) is 2. The molecule has 2 heterocycles. The highest BCUT2D eigenvalue weighted by molar-refractivity contribution is 5.99. The minimum absolute atomic E-state index is 0.00343. The highest BCUT2D eigenvalue weighted by Crippen LogP contribution is 2.34. The number of amides is 2. The van der Waals surface area contributed by atoms with E-state index in [1.165, 1.54) is 0 Å². The highest BCUT2D eigenvalue weighted by atomic mass is 16.5. The summed E-state index contributed by atoms with van der Waals surface area (Å²) >= 11 is 0. The van der Waals surface area contributed by atoms with E-state index in [-0.39, 0.29) is 29.9 Å². The van der Waals surface area contributed by atoms with Gasteiger partial charge in [0.15, 0.2) is 0 Å². The molecule has 0 saturated carbocycles. The van der Waals surface area contributed by atoms with E-state index in [4.69, 9.17) is 9.47 Å². The molecule has 2 aromatic carbocycles. The second-order valence-corrected chi connectivity index (χ2v) is 9.08. The molecule has 0 radical (unpaired) electrons. The Morgan fingerprint density at radius 1 is 1.03 bits per heavy atom. The minimum atomic E-state index is -0.319. The van der Waals surface area contributed by atoms with Crippen LogP contribution in [-0.4, -0.2) is 67.0 Å². The Balaban J connectivity index is 1.45. The summed E-state index contributed by atoms with van der Waals surface area (Å²) in [5.74, 6) is -0.377. The lowest BCUT2D eigenvalue weighted by molar-refractivity contribution is -0.149. The molecule has 1 N–H and O–H groups in total. The van der Waals surface area contributed by atoms with E-state index in [1.54, 1.807) is 17.9 Å². The van der Waals surface area contributed by atoms with Crippen molar-refractivity contribution in [2.75, 3.05) is 44.8 Å². The van der Waals surface area contributed by atoms with Gasteiger partial charge in [-0.15, -0.1) is 0 Å². The predicted molar refractivity (Wildman–Crippen MR) is 137 cm³/mol. The van der Waals surface area contributed by atoms with Gasteiger partial charge in [0.2, 0.25) is 0 Å². The molecule has 1 atom stereocenters. The van der Waals surface area contributed by atoms with Crippen molar-refractivity contribution in [2.24, 2.45) is 5.92 Å². The molecule has 0 aromatic heterocycles. The van der Waals surface area contributed by atoms with Crippen LogP contribution in [0.15, 0.2) is 48.5 Å². The van der Waals surface area contributed by atoms with E-state index in [0.29, 0.717) is 63.4 Å². The van der Waals surface area contributed by atoms with Gasteiger partial charge in [0.1, 0.15) is 6.17 Å². The van der Waals surface area contributed by atoms with Crippen LogP contribution in [0, 0.1) is 5.92 Å². The number of fused-ring (bicyclic) bond motifs is 1. The van der Waals surface area contributed by atoms with Crippen LogP contribution in [0.25, 0.3) is 0 Å². The van der Waals surface area contributed by atoms with Gasteiger partial charge in [-0.25, -0.2) is 0 Å². The molecule has 36 heavy (non-hydrogen) atoms. The second-order valence-electron chi connectivity index (χ2n) is 9.08. The number of piperidine rings is 1. The first-order valence-electron chi connectivity index (χ1n) is 12.8. The molecule has 0 spiro atoms. The van der Waals surface area contributed by atoms with Gasteiger partial charge in [-0.05, 0) is 57.4 Å². The number of carbonyl (C=O) groups excluding carboxylic acids is 3. The quantitative estimate of drug-likeness (QED) is 0.396. The third-order valence-electron chi connectivity index (χ3n) is 6.77. The molecule has 1 unspecified atom stereocenters. The molecule has 2 amide bonds. The van der Waals surface area contributed by atoms with Gasteiger partial charge < -0.3 is 24.6 Å². The van der Waals surface area contributed by atoms with Crippen molar-refractivity contribution in [1.29, 1.82) is 0 Å². The van der Waals surface area contributed by atoms with E-state index in [9.17, 15) is 14.4 Å². The Labute approximate surface area is 212 Å². The Kier molecular flexibility index (Phi) is 8.59. The smallest absolute Gasteiger partial charge is 0.309 e. The van der Waals surface area contributed by atoms with Gasteiger partial charge in [-0.2, -0.15) is 0 Å². The average molecular weight is 494 g/mol. The maximum atomic E-state index is 13.2. The summed E-state index contributed by atoms with van der Waals surface area (Å²) in [5, 5.41) is 3.49. The first kappa shape index (κ1) is 25.7. The summed E-state index contributed by atoms with van der Waals surface area (Å²) in [5.41, 5.74) is 2.97. The maximum absolute atomic E-state index is 13.2. The van der Waals surface area contributed by atoms with Crippen LogP contribution >= 0.6 is 0 Å². The monoisotopic (exact) mass is 493 g/mol. The zero-order chi connectivity index (χ0) is 25.5. The fourth-order valence-electron chi connectivity index (χ4n) is 4.90. The molecule has 0 bridgehead atoms. The molecule has 8 nitrogen and oxygen atoms in total. The van der Waals surface area contributed by atoms with Gasteiger partial charge in [0, 0.05) is 55.2 Å². The van der Waals surface area contributed by atoms with Crippen LogP contribution in [0.2, 0.25) is 0 Å². The summed E-state index contributed by atoms with van der Waals surface area (Å²) in [6.07, 6.45) is 1.65. The van der Waals surface area contributed by atoms with Crippen LogP contribution in [0.4, 0.5) is 5.69 Å². The van der Waals surface area contributed by atoms with Crippen molar-refractivity contribution < 1.29 is 23.9 Å². The molecule has 8 heteroatoms. The Hall–Kier alpha value is -3.39. The number of carbonyl (C=O) groups is 3. The Morgan fingerprint density at radius 3 is 2.56 bits per heavy atom. The molecule has 2 aliphatic heterocycles. The first-order chi connectivity index (χ1) is 17.5. The highest BCUT2D eigenvalue weighted by Gasteiger charge is 2.36. The molecule has 192 valence electrons. The number of hydrogen-bond donors (Lipinski definition) is 1.